The highest BCUT2D eigenvalue weighted by Gasteiger charge is 2.37. The van der Waals surface area contributed by atoms with Crippen molar-refractivity contribution in [2.24, 2.45) is 5.92 Å². The average Bonchev–Trinajstić information content (AvgIpc) is 3.24. The zero-order chi connectivity index (χ0) is 25.9. The van der Waals surface area contributed by atoms with Crippen molar-refractivity contribution < 1.29 is 26.9 Å². The molecule has 10 heteroatoms. The van der Waals surface area contributed by atoms with Crippen molar-refractivity contribution in [2.45, 2.75) is 31.6 Å². The van der Waals surface area contributed by atoms with Gasteiger partial charge >= 0.3 is 0 Å². The van der Waals surface area contributed by atoms with Crippen LogP contribution in [-0.4, -0.2) is 42.7 Å². The van der Waals surface area contributed by atoms with E-state index in [0.717, 1.165) is 0 Å². The summed E-state index contributed by atoms with van der Waals surface area (Å²) in [6.07, 6.45) is 3.82. The topological polar surface area (TPSA) is 110 Å². The lowest BCUT2D eigenvalue weighted by molar-refractivity contribution is -0.120. The first-order valence-electron chi connectivity index (χ1n) is 11.5. The Morgan fingerprint density at radius 2 is 1.94 bits per heavy atom. The summed E-state index contributed by atoms with van der Waals surface area (Å²) in [4.78, 5) is 24.5. The van der Waals surface area contributed by atoms with E-state index in [-0.39, 0.29) is 46.7 Å². The van der Waals surface area contributed by atoms with E-state index in [9.17, 15) is 22.4 Å². The molecule has 8 nitrogen and oxygen atoms in total. The van der Waals surface area contributed by atoms with Crippen molar-refractivity contribution in [3.8, 4) is 0 Å². The van der Waals surface area contributed by atoms with Gasteiger partial charge in [-0.1, -0.05) is 35.5 Å². The highest BCUT2D eigenvalue weighted by atomic mass is 32.2. The number of benzene rings is 2. The first kappa shape index (κ1) is 25.5. The Morgan fingerprint density at radius 1 is 1.17 bits per heavy atom. The largest absolute Gasteiger partial charge is 0.355 e. The Labute approximate surface area is 208 Å². The predicted octanol–water partition coefficient (Wildman–Crippen LogP) is 4.53. The second-order valence-corrected chi connectivity index (χ2v) is 10.5. The summed E-state index contributed by atoms with van der Waals surface area (Å²) in [5.41, 5.74) is 1.40. The number of nitrogens with one attached hydrogen (secondary N) is 1. The van der Waals surface area contributed by atoms with Crippen LogP contribution in [0.25, 0.3) is 12.2 Å². The summed E-state index contributed by atoms with van der Waals surface area (Å²) in [5, 5.41) is 6.60. The normalized spacial score (nSPS) is 16.8. The minimum atomic E-state index is -4.04. The zero-order valence-corrected chi connectivity index (χ0v) is 20.7. The van der Waals surface area contributed by atoms with E-state index in [1.807, 2.05) is 0 Å². The molecule has 1 aromatic heterocycles. The van der Waals surface area contributed by atoms with Crippen LogP contribution in [0.15, 0.2) is 57.9 Å². The van der Waals surface area contributed by atoms with E-state index in [4.69, 9.17) is 4.52 Å². The van der Waals surface area contributed by atoms with E-state index >= 15 is 0 Å². The molecule has 1 atom stereocenters. The van der Waals surface area contributed by atoms with Gasteiger partial charge in [-0.2, -0.15) is 4.31 Å². The molecule has 0 saturated carbocycles. The van der Waals surface area contributed by atoms with Crippen molar-refractivity contribution in [2.75, 3.05) is 18.4 Å². The van der Waals surface area contributed by atoms with E-state index in [1.165, 1.54) is 36.4 Å². The summed E-state index contributed by atoms with van der Waals surface area (Å²) >= 11 is 0. The highest BCUT2D eigenvalue weighted by molar-refractivity contribution is 7.89. The molecule has 36 heavy (non-hydrogen) atoms. The van der Waals surface area contributed by atoms with Crippen molar-refractivity contribution in [3.05, 3.63) is 76.9 Å². The first-order chi connectivity index (χ1) is 17.2. The predicted molar refractivity (Wildman–Crippen MR) is 133 cm³/mol. The van der Waals surface area contributed by atoms with Gasteiger partial charge in [0.2, 0.25) is 15.9 Å². The lowest BCUT2D eigenvalue weighted by Crippen LogP contribution is -2.43. The molecule has 1 aliphatic rings. The lowest BCUT2D eigenvalue weighted by Gasteiger charge is -2.31. The SMILES string of the molecule is CC(=O)c1cccc(NC(=O)C2CCCN(S(=O)(=O)c3c(C)noc3/C=C/c3ccccc3F)C2)c1. The number of ketones is 1. The fourth-order valence-corrected chi connectivity index (χ4v) is 5.91. The van der Waals surface area contributed by atoms with Crippen LogP contribution in [0.2, 0.25) is 0 Å². The van der Waals surface area contributed by atoms with Gasteiger partial charge in [0, 0.05) is 29.9 Å². The fourth-order valence-electron chi connectivity index (χ4n) is 4.14. The highest BCUT2D eigenvalue weighted by Crippen LogP contribution is 2.30. The second-order valence-electron chi connectivity index (χ2n) is 8.64. The van der Waals surface area contributed by atoms with Crippen LogP contribution in [0.1, 0.15) is 47.1 Å². The molecule has 4 rings (SSSR count). The molecule has 2 aromatic carbocycles. The summed E-state index contributed by atoms with van der Waals surface area (Å²) in [6.45, 7) is 3.19. The van der Waals surface area contributed by atoms with E-state index in [1.54, 1.807) is 42.5 Å². The maximum Gasteiger partial charge on any atom is 0.248 e. The number of hydrogen-bond donors (Lipinski definition) is 1. The molecular weight excluding hydrogens is 485 g/mol. The van der Waals surface area contributed by atoms with Crippen molar-refractivity contribution >= 4 is 39.6 Å². The standard InChI is InChI=1S/C26H26FN3O5S/c1-17-25(24(35-29-17)13-12-19-7-3-4-11-23(19)27)36(33,34)30-14-6-9-21(16-30)26(32)28-22-10-5-8-20(15-22)18(2)31/h3-5,7-8,10-13,15,21H,6,9,14,16H2,1-2H3,(H,28,32)/b13-12+. The maximum absolute atomic E-state index is 14.0. The number of carbonyl (C=O) groups excluding carboxylic acids is 2. The minimum Gasteiger partial charge on any atom is -0.355 e. The molecule has 2 heterocycles. The average molecular weight is 512 g/mol. The van der Waals surface area contributed by atoms with Gasteiger partial charge in [-0.15, -0.1) is 0 Å². The molecule has 0 bridgehead atoms. The molecule has 1 saturated heterocycles. The van der Waals surface area contributed by atoms with Gasteiger partial charge in [-0.25, -0.2) is 12.8 Å². The van der Waals surface area contributed by atoms with Crippen LogP contribution in [0.4, 0.5) is 10.1 Å². The molecule has 0 aliphatic carbocycles. The Balaban J connectivity index is 1.53. The monoisotopic (exact) mass is 511 g/mol. The third-order valence-corrected chi connectivity index (χ3v) is 8.07. The molecule has 1 aliphatic heterocycles. The van der Waals surface area contributed by atoms with Gasteiger partial charge in [0.1, 0.15) is 11.5 Å². The molecule has 1 amide bonds. The zero-order valence-electron chi connectivity index (χ0n) is 19.9. The van der Waals surface area contributed by atoms with Crippen LogP contribution in [-0.2, 0) is 14.8 Å². The van der Waals surface area contributed by atoms with Crippen LogP contribution in [0, 0.1) is 18.7 Å². The smallest absolute Gasteiger partial charge is 0.248 e. The summed E-state index contributed by atoms with van der Waals surface area (Å²) < 4.78 is 47.6. The Bertz CT molecular complexity index is 1430. The van der Waals surface area contributed by atoms with Crippen molar-refractivity contribution in [3.63, 3.8) is 0 Å². The van der Waals surface area contributed by atoms with Crippen LogP contribution >= 0.6 is 0 Å². The summed E-state index contributed by atoms with van der Waals surface area (Å²) in [5.74, 6) is -1.48. The van der Waals surface area contributed by atoms with Crippen molar-refractivity contribution in [1.82, 2.24) is 9.46 Å². The van der Waals surface area contributed by atoms with E-state index in [0.29, 0.717) is 24.1 Å². The number of aromatic nitrogens is 1. The van der Waals surface area contributed by atoms with Gasteiger partial charge in [0.15, 0.2) is 16.4 Å². The summed E-state index contributed by atoms with van der Waals surface area (Å²) in [6, 6.07) is 12.7. The number of anilines is 1. The number of aryl methyl sites for hydroxylation is 1. The Hall–Kier alpha value is -3.63. The maximum atomic E-state index is 14.0. The number of nitrogens with zero attached hydrogens (tertiary/aromatic N) is 2. The molecule has 188 valence electrons. The lowest BCUT2D eigenvalue weighted by atomic mass is 9.98. The van der Waals surface area contributed by atoms with Crippen LogP contribution in [0.3, 0.4) is 0 Å². The molecule has 1 N–H and O–H groups in total. The number of halogens is 1. The van der Waals surface area contributed by atoms with Gasteiger partial charge in [-0.3, -0.25) is 9.59 Å². The number of amides is 1. The van der Waals surface area contributed by atoms with Crippen LogP contribution in [0.5, 0.6) is 0 Å². The van der Waals surface area contributed by atoms with E-state index in [2.05, 4.69) is 10.5 Å². The fraction of sp³-hybridized carbons (Fsp3) is 0.269. The molecule has 1 fully saturated rings. The van der Waals surface area contributed by atoms with Crippen LogP contribution < -0.4 is 5.32 Å². The second kappa shape index (κ2) is 10.5. The van der Waals surface area contributed by atoms with Gasteiger partial charge in [0.25, 0.3) is 0 Å². The van der Waals surface area contributed by atoms with Crippen molar-refractivity contribution in [1.29, 1.82) is 0 Å². The first-order valence-corrected chi connectivity index (χ1v) is 12.9. The van der Waals surface area contributed by atoms with Gasteiger partial charge < -0.3 is 9.84 Å². The third-order valence-electron chi connectivity index (χ3n) is 6.04. The number of sulfonamides is 1. The number of hydrogen-bond acceptors (Lipinski definition) is 6. The molecular formula is C26H26FN3O5S. The third kappa shape index (κ3) is 5.44. The molecule has 3 aromatic rings. The quantitative estimate of drug-likeness (QED) is 0.467. The number of carbonyl (C=O) groups is 2. The Kier molecular flexibility index (Phi) is 7.46. The Morgan fingerprint density at radius 3 is 2.69 bits per heavy atom. The van der Waals surface area contributed by atoms with Gasteiger partial charge in [0.05, 0.1) is 5.92 Å². The summed E-state index contributed by atoms with van der Waals surface area (Å²) in [7, 11) is -4.04. The molecule has 0 spiro atoms. The number of piperidine rings is 1. The minimum absolute atomic E-state index is 0.0108. The molecule has 0 radical (unpaired) electrons. The number of rotatable bonds is 7. The van der Waals surface area contributed by atoms with Gasteiger partial charge in [-0.05, 0) is 57.0 Å². The number of Topliss-reactive ketones (excluding diaryl/α,β-unsaturated/α-hetero) is 1. The molecule has 1 unspecified atom stereocenters. The van der Waals surface area contributed by atoms with E-state index < -0.39 is 21.8 Å².